The van der Waals surface area contributed by atoms with Gasteiger partial charge in [-0.2, -0.15) is 0 Å². The lowest BCUT2D eigenvalue weighted by Gasteiger charge is -2.13. The van der Waals surface area contributed by atoms with Crippen LogP contribution in [-0.4, -0.2) is 43.6 Å². The third kappa shape index (κ3) is 5.89. The summed E-state index contributed by atoms with van der Waals surface area (Å²) in [5, 5.41) is 16.7. The van der Waals surface area contributed by atoms with Gasteiger partial charge in [0, 0.05) is 19.5 Å². The molecule has 0 fully saturated rings. The van der Waals surface area contributed by atoms with Crippen molar-refractivity contribution in [3.63, 3.8) is 0 Å². The summed E-state index contributed by atoms with van der Waals surface area (Å²) in [7, 11) is 0. The van der Waals surface area contributed by atoms with E-state index in [1.54, 1.807) is 0 Å². The van der Waals surface area contributed by atoms with Gasteiger partial charge in [-0.3, -0.25) is 4.99 Å². The van der Waals surface area contributed by atoms with Crippen molar-refractivity contribution >= 4 is 5.96 Å². The van der Waals surface area contributed by atoms with E-state index in [9.17, 15) is 5.11 Å². The molecule has 1 aliphatic rings. The van der Waals surface area contributed by atoms with Crippen molar-refractivity contribution in [3.05, 3.63) is 59.7 Å². The van der Waals surface area contributed by atoms with Gasteiger partial charge < -0.3 is 25.2 Å². The van der Waals surface area contributed by atoms with Gasteiger partial charge in [0.15, 0.2) is 17.5 Å². The molecule has 3 rings (SSSR count). The van der Waals surface area contributed by atoms with E-state index in [1.807, 2.05) is 55.5 Å². The molecule has 0 saturated heterocycles. The average Bonchev–Trinajstić information content (AvgIpc) is 3.15. The number of aliphatic hydroxyl groups excluding tert-OH is 1. The van der Waals surface area contributed by atoms with E-state index < -0.39 is 6.10 Å². The predicted molar refractivity (Wildman–Crippen MR) is 106 cm³/mol. The number of hydrogen-bond acceptors (Lipinski definition) is 4. The lowest BCUT2D eigenvalue weighted by molar-refractivity contribution is 0.174. The van der Waals surface area contributed by atoms with E-state index in [2.05, 4.69) is 15.6 Å². The number of fused-ring (bicyclic) bond motifs is 1. The first-order valence-electron chi connectivity index (χ1n) is 9.37. The number of nitrogens with one attached hydrogen (secondary N) is 2. The number of aliphatic imine (C=N–C) groups is 1. The van der Waals surface area contributed by atoms with Crippen molar-refractivity contribution < 1.29 is 14.6 Å². The largest absolute Gasteiger partial charge is 0.454 e. The van der Waals surface area contributed by atoms with Gasteiger partial charge in [0.1, 0.15) is 0 Å². The molecule has 1 aliphatic heterocycles. The molecule has 0 amide bonds. The maximum atomic E-state index is 10.2. The molecule has 1 unspecified atom stereocenters. The summed E-state index contributed by atoms with van der Waals surface area (Å²) in [5.41, 5.74) is 2.28. The van der Waals surface area contributed by atoms with Crippen LogP contribution in [0.1, 0.15) is 18.1 Å². The molecule has 6 nitrogen and oxygen atoms in total. The summed E-state index contributed by atoms with van der Waals surface area (Å²) in [6.45, 7) is 4.17. The number of guanidine groups is 1. The van der Waals surface area contributed by atoms with Crippen molar-refractivity contribution in [1.29, 1.82) is 0 Å². The van der Waals surface area contributed by atoms with Crippen LogP contribution in [0, 0.1) is 0 Å². The molecule has 27 heavy (non-hydrogen) atoms. The van der Waals surface area contributed by atoms with E-state index >= 15 is 0 Å². The molecule has 0 bridgehead atoms. The minimum Gasteiger partial charge on any atom is -0.454 e. The fourth-order valence-corrected chi connectivity index (χ4v) is 2.91. The molecule has 6 heteroatoms. The van der Waals surface area contributed by atoms with Gasteiger partial charge >= 0.3 is 0 Å². The lowest BCUT2D eigenvalue weighted by atomic mass is 10.1. The fraction of sp³-hybridized carbons (Fsp3) is 0.381. The van der Waals surface area contributed by atoms with Crippen LogP contribution < -0.4 is 20.1 Å². The predicted octanol–water partition coefficient (Wildman–Crippen LogP) is 2.12. The number of hydrogen-bond donors (Lipinski definition) is 3. The summed E-state index contributed by atoms with van der Waals surface area (Å²) >= 11 is 0. The number of rotatable bonds is 8. The number of nitrogens with zero attached hydrogens (tertiary/aromatic N) is 1. The first kappa shape index (κ1) is 19.0. The Hall–Kier alpha value is -2.73. The second kappa shape index (κ2) is 9.83. The molecular weight excluding hydrogens is 342 g/mol. The third-order valence-electron chi connectivity index (χ3n) is 4.26. The van der Waals surface area contributed by atoms with Crippen LogP contribution in [0.4, 0.5) is 0 Å². The monoisotopic (exact) mass is 369 g/mol. The zero-order chi connectivity index (χ0) is 18.9. The zero-order valence-corrected chi connectivity index (χ0v) is 15.6. The van der Waals surface area contributed by atoms with Gasteiger partial charge in [-0.1, -0.05) is 36.4 Å². The first-order chi connectivity index (χ1) is 13.2. The first-order valence-corrected chi connectivity index (χ1v) is 9.37. The molecule has 0 aromatic heterocycles. The van der Waals surface area contributed by atoms with Gasteiger partial charge in [-0.15, -0.1) is 0 Å². The summed E-state index contributed by atoms with van der Waals surface area (Å²) in [6, 6.07) is 16.0. The normalized spacial score (nSPS) is 14.1. The summed E-state index contributed by atoms with van der Waals surface area (Å²) in [5.74, 6) is 2.32. The van der Waals surface area contributed by atoms with Crippen LogP contribution in [0.15, 0.2) is 53.5 Å². The molecule has 2 aromatic rings. The van der Waals surface area contributed by atoms with Crippen molar-refractivity contribution in [2.75, 3.05) is 26.4 Å². The van der Waals surface area contributed by atoms with Crippen LogP contribution in [-0.2, 0) is 12.8 Å². The highest BCUT2D eigenvalue weighted by Crippen LogP contribution is 2.32. The Morgan fingerprint density at radius 2 is 1.89 bits per heavy atom. The maximum Gasteiger partial charge on any atom is 0.231 e. The molecule has 1 atom stereocenters. The highest BCUT2D eigenvalue weighted by Gasteiger charge is 2.13. The van der Waals surface area contributed by atoms with E-state index in [0.29, 0.717) is 25.7 Å². The van der Waals surface area contributed by atoms with Gasteiger partial charge in [-0.25, -0.2) is 0 Å². The van der Waals surface area contributed by atoms with Crippen molar-refractivity contribution in [2.45, 2.75) is 25.9 Å². The SMILES string of the molecule is CCNC(=NCC(O)Cc1ccccc1)NCCc1ccc2c(c1)OCO2. The molecule has 0 radical (unpaired) electrons. The van der Waals surface area contributed by atoms with Crippen molar-refractivity contribution in [2.24, 2.45) is 4.99 Å². The van der Waals surface area contributed by atoms with Gasteiger partial charge in [0.05, 0.1) is 12.6 Å². The Morgan fingerprint density at radius 1 is 1.07 bits per heavy atom. The minimum atomic E-state index is -0.503. The van der Waals surface area contributed by atoms with E-state index in [-0.39, 0.29) is 0 Å². The maximum absolute atomic E-state index is 10.2. The summed E-state index contributed by atoms with van der Waals surface area (Å²) in [4.78, 5) is 4.50. The quantitative estimate of drug-likeness (QED) is 0.491. The molecule has 144 valence electrons. The molecule has 3 N–H and O–H groups in total. The standard InChI is InChI=1S/C21H27N3O3/c1-2-22-21(24-14-18(25)12-16-6-4-3-5-7-16)23-11-10-17-8-9-19-20(13-17)27-15-26-19/h3-9,13,18,25H,2,10-12,14-15H2,1H3,(H2,22,23,24). The Balaban J connectivity index is 1.47. The van der Waals surface area contributed by atoms with Crippen molar-refractivity contribution in [1.82, 2.24) is 10.6 Å². The van der Waals surface area contributed by atoms with Crippen LogP contribution in [0.25, 0.3) is 0 Å². The fourth-order valence-electron chi connectivity index (χ4n) is 2.91. The molecular formula is C21H27N3O3. The second-order valence-corrected chi connectivity index (χ2v) is 6.43. The van der Waals surface area contributed by atoms with Crippen LogP contribution in [0.3, 0.4) is 0 Å². The Kier molecular flexibility index (Phi) is 6.93. The number of ether oxygens (including phenoxy) is 2. The highest BCUT2D eigenvalue weighted by molar-refractivity contribution is 5.79. The van der Waals surface area contributed by atoms with E-state index in [1.165, 1.54) is 5.56 Å². The number of aliphatic hydroxyl groups is 1. The van der Waals surface area contributed by atoms with Crippen molar-refractivity contribution in [3.8, 4) is 11.5 Å². The number of benzene rings is 2. The van der Waals surface area contributed by atoms with Gasteiger partial charge in [-0.05, 0) is 36.6 Å². The highest BCUT2D eigenvalue weighted by atomic mass is 16.7. The molecule has 1 heterocycles. The third-order valence-corrected chi connectivity index (χ3v) is 4.26. The van der Waals surface area contributed by atoms with Crippen LogP contribution >= 0.6 is 0 Å². The van der Waals surface area contributed by atoms with Crippen LogP contribution in [0.2, 0.25) is 0 Å². The molecule has 2 aromatic carbocycles. The summed E-state index contributed by atoms with van der Waals surface area (Å²) < 4.78 is 10.7. The smallest absolute Gasteiger partial charge is 0.231 e. The Bertz CT molecular complexity index is 750. The zero-order valence-electron chi connectivity index (χ0n) is 15.6. The van der Waals surface area contributed by atoms with Gasteiger partial charge in [0.2, 0.25) is 6.79 Å². The Labute approximate surface area is 160 Å². The topological polar surface area (TPSA) is 75.1 Å². The minimum absolute atomic E-state index is 0.291. The molecule has 0 spiro atoms. The molecule has 0 aliphatic carbocycles. The van der Waals surface area contributed by atoms with E-state index in [0.717, 1.165) is 36.6 Å². The summed E-state index contributed by atoms with van der Waals surface area (Å²) in [6.07, 6.45) is 0.936. The van der Waals surface area contributed by atoms with Crippen LogP contribution in [0.5, 0.6) is 11.5 Å². The Morgan fingerprint density at radius 3 is 2.70 bits per heavy atom. The second-order valence-electron chi connectivity index (χ2n) is 6.43. The molecule has 0 saturated carbocycles. The van der Waals surface area contributed by atoms with E-state index in [4.69, 9.17) is 9.47 Å². The lowest BCUT2D eigenvalue weighted by Crippen LogP contribution is -2.39. The van der Waals surface area contributed by atoms with Gasteiger partial charge in [0.25, 0.3) is 0 Å². The average molecular weight is 369 g/mol.